The highest BCUT2D eigenvalue weighted by molar-refractivity contribution is 5.95. The van der Waals surface area contributed by atoms with Gasteiger partial charge in [0.2, 0.25) is 0 Å². The summed E-state index contributed by atoms with van der Waals surface area (Å²) < 4.78 is 45.0. The van der Waals surface area contributed by atoms with Crippen LogP contribution in [0.25, 0.3) is 0 Å². The number of ether oxygens (including phenoxy) is 1. The van der Waals surface area contributed by atoms with E-state index in [0.29, 0.717) is 5.92 Å². The summed E-state index contributed by atoms with van der Waals surface area (Å²) in [4.78, 5) is 0. The molecule has 3 N–H and O–H groups in total. The molecule has 1 fully saturated rings. The van der Waals surface area contributed by atoms with Gasteiger partial charge in [0.25, 0.3) is 0 Å². The predicted octanol–water partition coefficient (Wildman–Crippen LogP) is 3.95. The Morgan fingerprint density at radius 3 is 2.62 bits per heavy atom. The van der Waals surface area contributed by atoms with Crippen molar-refractivity contribution < 1.29 is 17.9 Å². The second-order valence-corrected chi connectivity index (χ2v) is 5.63. The first kappa shape index (κ1) is 15.7. The van der Waals surface area contributed by atoms with Gasteiger partial charge in [0.05, 0.1) is 11.7 Å². The second-order valence-electron chi connectivity index (χ2n) is 5.63. The highest BCUT2D eigenvalue weighted by Gasteiger charge is 2.35. The molecule has 0 heterocycles. The molecule has 0 spiro atoms. The molecule has 2 atom stereocenters. The number of hydrogen-bond donors (Lipinski definition) is 2. The Balaban J connectivity index is 2.27. The molecule has 116 valence electrons. The van der Waals surface area contributed by atoms with Crippen molar-refractivity contribution in [3.63, 3.8) is 0 Å². The molecule has 1 aromatic carbocycles. The van der Waals surface area contributed by atoms with Crippen LogP contribution in [0.4, 0.5) is 13.2 Å². The van der Waals surface area contributed by atoms with E-state index in [-0.39, 0.29) is 17.4 Å². The summed E-state index contributed by atoms with van der Waals surface area (Å²) in [5.74, 6) is -0.0977. The lowest BCUT2D eigenvalue weighted by Crippen LogP contribution is -2.25. The van der Waals surface area contributed by atoms with Crippen molar-refractivity contribution in [2.45, 2.75) is 44.9 Å². The fourth-order valence-corrected chi connectivity index (χ4v) is 2.69. The van der Waals surface area contributed by atoms with Crippen molar-refractivity contribution in [2.75, 3.05) is 0 Å². The molecule has 1 aliphatic rings. The minimum atomic E-state index is -4.53. The van der Waals surface area contributed by atoms with E-state index in [2.05, 4.69) is 6.92 Å². The van der Waals surface area contributed by atoms with E-state index >= 15 is 0 Å². The zero-order chi connectivity index (χ0) is 15.6. The first-order valence-corrected chi connectivity index (χ1v) is 6.99. The molecule has 1 aromatic rings. The van der Waals surface area contributed by atoms with Crippen LogP contribution in [0.5, 0.6) is 5.75 Å². The summed E-state index contributed by atoms with van der Waals surface area (Å²) in [6.07, 6.45) is -1.10. The van der Waals surface area contributed by atoms with Gasteiger partial charge < -0.3 is 10.5 Å². The van der Waals surface area contributed by atoms with Crippen LogP contribution >= 0.6 is 0 Å². The van der Waals surface area contributed by atoms with Crippen molar-refractivity contribution in [1.82, 2.24) is 0 Å². The fraction of sp³-hybridized carbons (Fsp3) is 0.533. The molecule has 3 nitrogen and oxygen atoms in total. The summed E-state index contributed by atoms with van der Waals surface area (Å²) in [6, 6.07) is 3.53. The van der Waals surface area contributed by atoms with Gasteiger partial charge in [0.1, 0.15) is 11.6 Å². The van der Waals surface area contributed by atoms with E-state index < -0.39 is 17.6 Å². The molecule has 0 radical (unpaired) electrons. The molecule has 0 aliphatic heterocycles. The lowest BCUT2D eigenvalue weighted by Gasteiger charge is -2.28. The molecular weight excluding hydrogens is 281 g/mol. The second kappa shape index (κ2) is 5.95. The van der Waals surface area contributed by atoms with Gasteiger partial charge in [-0.15, -0.1) is 0 Å². The Labute approximate surface area is 121 Å². The Morgan fingerprint density at radius 2 is 2.05 bits per heavy atom. The highest BCUT2D eigenvalue weighted by Crippen LogP contribution is 2.38. The predicted molar refractivity (Wildman–Crippen MR) is 74.5 cm³/mol. The number of nitrogens with one attached hydrogen (secondary N) is 1. The SMILES string of the molecule is CC1CCCC(Oc2ccc(C(=N)N)cc2C(F)(F)F)C1. The highest BCUT2D eigenvalue weighted by atomic mass is 19.4. The van der Waals surface area contributed by atoms with E-state index in [9.17, 15) is 13.2 Å². The van der Waals surface area contributed by atoms with Crippen molar-refractivity contribution >= 4 is 5.84 Å². The average molecular weight is 300 g/mol. The molecular formula is C15H19F3N2O. The zero-order valence-corrected chi connectivity index (χ0v) is 11.8. The zero-order valence-electron chi connectivity index (χ0n) is 11.8. The van der Waals surface area contributed by atoms with Gasteiger partial charge >= 0.3 is 6.18 Å². The number of hydrogen-bond acceptors (Lipinski definition) is 2. The molecule has 6 heteroatoms. The molecule has 0 aromatic heterocycles. The molecule has 0 saturated heterocycles. The quantitative estimate of drug-likeness (QED) is 0.656. The molecule has 0 bridgehead atoms. The normalized spacial score (nSPS) is 22.9. The Morgan fingerprint density at radius 1 is 1.33 bits per heavy atom. The van der Waals surface area contributed by atoms with Crippen molar-refractivity contribution in [3.8, 4) is 5.75 Å². The Hall–Kier alpha value is -1.72. The fourth-order valence-electron chi connectivity index (χ4n) is 2.69. The summed E-state index contributed by atoms with van der Waals surface area (Å²) >= 11 is 0. The van der Waals surface area contributed by atoms with Crippen LogP contribution in [0.3, 0.4) is 0 Å². The van der Waals surface area contributed by atoms with Crippen LogP contribution < -0.4 is 10.5 Å². The number of halogens is 3. The minimum Gasteiger partial charge on any atom is -0.490 e. The number of nitrogens with two attached hydrogens (primary N) is 1. The topological polar surface area (TPSA) is 59.1 Å². The van der Waals surface area contributed by atoms with Gasteiger partial charge in [-0.2, -0.15) is 13.2 Å². The number of benzene rings is 1. The van der Waals surface area contributed by atoms with E-state index in [1.54, 1.807) is 0 Å². The van der Waals surface area contributed by atoms with E-state index in [0.717, 1.165) is 31.7 Å². The van der Waals surface area contributed by atoms with Crippen LogP contribution in [0.1, 0.15) is 43.7 Å². The maximum atomic E-state index is 13.1. The van der Waals surface area contributed by atoms with Crippen molar-refractivity contribution in [1.29, 1.82) is 5.41 Å². The van der Waals surface area contributed by atoms with Crippen LogP contribution in [0.15, 0.2) is 18.2 Å². The first-order valence-electron chi connectivity index (χ1n) is 6.99. The standard InChI is InChI=1S/C15H19F3N2O/c1-9-3-2-4-11(7-9)21-13-6-5-10(14(19)20)8-12(13)15(16,17)18/h5-6,8-9,11H,2-4,7H2,1H3,(H3,19,20). The van der Waals surface area contributed by atoms with Crippen LogP contribution in [0, 0.1) is 11.3 Å². The van der Waals surface area contributed by atoms with Crippen molar-refractivity contribution in [2.24, 2.45) is 11.7 Å². The summed E-state index contributed by atoms with van der Waals surface area (Å²) in [6.45, 7) is 2.08. The maximum Gasteiger partial charge on any atom is 0.419 e. The van der Waals surface area contributed by atoms with Crippen LogP contribution in [0.2, 0.25) is 0 Å². The van der Waals surface area contributed by atoms with E-state index in [1.807, 2.05) is 0 Å². The van der Waals surface area contributed by atoms with Crippen LogP contribution in [-0.4, -0.2) is 11.9 Å². The smallest absolute Gasteiger partial charge is 0.419 e. The summed E-state index contributed by atoms with van der Waals surface area (Å²) in [7, 11) is 0. The van der Waals surface area contributed by atoms with Gasteiger partial charge in [-0.3, -0.25) is 5.41 Å². The third-order valence-corrected chi connectivity index (χ3v) is 3.78. The van der Waals surface area contributed by atoms with E-state index in [4.69, 9.17) is 15.9 Å². The molecule has 2 unspecified atom stereocenters. The monoisotopic (exact) mass is 300 g/mol. The number of nitrogen functional groups attached to an aromatic ring is 1. The van der Waals surface area contributed by atoms with Gasteiger partial charge in [0.15, 0.2) is 0 Å². The Bertz CT molecular complexity index is 528. The number of alkyl halides is 3. The van der Waals surface area contributed by atoms with E-state index in [1.165, 1.54) is 12.1 Å². The van der Waals surface area contributed by atoms with Gasteiger partial charge in [-0.05, 0) is 43.4 Å². The summed E-state index contributed by atoms with van der Waals surface area (Å²) in [5.41, 5.74) is 4.43. The third-order valence-electron chi connectivity index (χ3n) is 3.78. The number of rotatable bonds is 3. The van der Waals surface area contributed by atoms with Gasteiger partial charge in [-0.25, -0.2) is 0 Å². The first-order chi connectivity index (χ1) is 9.77. The molecule has 2 rings (SSSR count). The van der Waals surface area contributed by atoms with Crippen LogP contribution in [-0.2, 0) is 6.18 Å². The molecule has 0 amide bonds. The average Bonchev–Trinajstić information content (AvgIpc) is 2.37. The lowest BCUT2D eigenvalue weighted by molar-refractivity contribution is -0.139. The molecule has 1 aliphatic carbocycles. The molecule has 21 heavy (non-hydrogen) atoms. The molecule has 1 saturated carbocycles. The summed E-state index contributed by atoms with van der Waals surface area (Å²) in [5, 5.41) is 7.26. The largest absolute Gasteiger partial charge is 0.490 e. The maximum absolute atomic E-state index is 13.1. The minimum absolute atomic E-state index is 0.0479. The van der Waals surface area contributed by atoms with Crippen molar-refractivity contribution in [3.05, 3.63) is 29.3 Å². The number of amidine groups is 1. The van der Waals surface area contributed by atoms with Gasteiger partial charge in [-0.1, -0.05) is 13.3 Å². The lowest BCUT2D eigenvalue weighted by atomic mass is 9.88. The Kier molecular flexibility index (Phi) is 4.44. The third kappa shape index (κ3) is 3.89. The van der Waals surface area contributed by atoms with Gasteiger partial charge in [0, 0.05) is 5.56 Å².